The van der Waals surface area contributed by atoms with Crippen LogP contribution in [0.5, 0.6) is 0 Å². The number of likely N-dealkylation sites (tertiary alicyclic amines) is 1. The van der Waals surface area contributed by atoms with Gasteiger partial charge in [0.25, 0.3) is 0 Å². The van der Waals surface area contributed by atoms with Gasteiger partial charge in [-0.2, -0.15) is 0 Å². The van der Waals surface area contributed by atoms with Crippen LogP contribution < -0.4 is 5.73 Å². The largest absolute Gasteiger partial charge is 0.444 e. The highest BCUT2D eigenvalue weighted by molar-refractivity contribution is 5.68. The van der Waals surface area contributed by atoms with Gasteiger partial charge in [-0.15, -0.1) is 0 Å². The first-order valence-corrected chi connectivity index (χ1v) is 6.59. The van der Waals surface area contributed by atoms with Crippen molar-refractivity contribution in [3.8, 4) is 0 Å². The van der Waals surface area contributed by atoms with Crippen molar-refractivity contribution >= 4 is 6.09 Å². The van der Waals surface area contributed by atoms with E-state index in [-0.39, 0.29) is 23.0 Å². The Hall–Kier alpha value is -0.770. The molecule has 4 heteroatoms. The highest BCUT2D eigenvalue weighted by atomic mass is 16.6. The summed E-state index contributed by atoms with van der Waals surface area (Å²) < 4.78 is 5.45. The van der Waals surface area contributed by atoms with Gasteiger partial charge in [-0.05, 0) is 31.6 Å². The summed E-state index contributed by atoms with van der Waals surface area (Å²) in [6, 6.07) is 0.0729. The van der Waals surface area contributed by atoms with Gasteiger partial charge in [0.05, 0.1) is 0 Å². The fourth-order valence-electron chi connectivity index (χ4n) is 2.75. The van der Waals surface area contributed by atoms with Crippen LogP contribution in [0.2, 0.25) is 0 Å². The fraction of sp³-hybridized carbons (Fsp3) is 0.929. The summed E-state index contributed by atoms with van der Waals surface area (Å²) in [5, 5.41) is 0. The summed E-state index contributed by atoms with van der Waals surface area (Å²) in [6.07, 6.45) is -0.240. The lowest BCUT2D eigenvalue weighted by atomic mass is 9.67. The molecule has 0 unspecified atom stereocenters. The predicted molar refractivity (Wildman–Crippen MR) is 73.3 cm³/mol. The molecule has 1 heterocycles. The van der Waals surface area contributed by atoms with Crippen molar-refractivity contribution in [3.05, 3.63) is 0 Å². The molecule has 4 nitrogen and oxygen atoms in total. The molecule has 0 radical (unpaired) electrons. The maximum atomic E-state index is 12.2. The quantitative estimate of drug-likeness (QED) is 0.725. The number of carbonyl (C=O) groups excluding carboxylic acids is 1. The molecular formula is C14H28N2O2. The van der Waals surface area contributed by atoms with Crippen LogP contribution in [0.15, 0.2) is 0 Å². The van der Waals surface area contributed by atoms with E-state index in [1.165, 1.54) is 0 Å². The summed E-state index contributed by atoms with van der Waals surface area (Å²) in [7, 11) is 0. The molecule has 1 saturated heterocycles. The molecule has 1 rings (SSSR count). The molecule has 1 aliphatic heterocycles. The molecule has 0 aromatic heterocycles. The van der Waals surface area contributed by atoms with Crippen molar-refractivity contribution in [2.45, 2.75) is 60.1 Å². The first kappa shape index (κ1) is 15.3. The molecule has 2 N–H and O–H groups in total. The number of hydrogen-bond donors (Lipinski definition) is 1. The van der Waals surface area contributed by atoms with Crippen molar-refractivity contribution in [2.24, 2.45) is 16.6 Å². The van der Waals surface area contributed by atoms with Crippen LogP contribution in [0.25, 0.3) is 0 Å². The van der Waals surface area contributed by atoms with Gasteiger partial charge in [0.2, 0.25) is 0 Å². The Kier molecular flexibility index (Phi) is 3.74. The number of nitrogens with two attached hydrogens (primary N) is 1. The fourth-order valence-corrected chi connectivity index (χ4v) is 2.75. The maximum Gasteiger partial charge on any atom is 0.410 e. The van der Waals surface area contributed by atoms with Gasteiger partial charge >= 0.3 is 6.09 Å². The summed E-state index contributed by atoms with van der Waals surface area (Å²) in [4.78, 5) is 13.9. The molecule has 106 valence electrons. The zero-order valence-corrected chi connectivity index (χ0v) is 12.8. The van der Waals surface area contributed by atoms with Crippen molar-refractivity contribution in [1.29, 1.82) is 0 Å². The Labute approximate surface area is 111 Å². The normalized spacial score (nSPS) is 23.9. The summed E-state index contributed by atoms with van der Waals surface area (Å²) in [5.74, 6) is 0. The molecule has 1 fully saturated rings. The number of piperidine rings is 1. The molecule has 0 aromatic carbocycles. The number of carbonyl (C=O) groups is 1. The minimum absolute atomic E-state index is 0.0729. The number of nitrogens with zero attached hydrogens (tertiary/aromatic N) is 1. The number of rotatable bonds is 0. The SMILES string of the molecule is CC(C)(C)OC(=O)N1CC(C)(C)C(N)C(C)(C)C1. The summed E-state index contributed by atoms with van der Waals surface area (Å²) >= 11 is 0. The van der Waals surface area contributed by atoms with E-state index in [1.807, 2.05) is 20.8 Å². The highest BCUT2D eigenvalue weighted by Crippen LogP contribution is 2.39. The molecule has 0 spiro atoms. The van der Waals surface area contributed by atoms with E-state index in [0.717, 1.165) is 0 Å². The van der Waals surface area contributed by atoms with Gasteiger partial charge in [-0.1, -0.05) is 27.7 Å². The molecule has 0 aromatic rings. The van der Waals surface area contributed by atoms with E-state index in [0.29, 0.717) is 13.1 Å². The monoisotopic (exact) mass is 256 g/mol. The van der Waals surface area contributed by atoms with Gasteiger partial charge in [0.1, 0.15) is 5.60 Å². The van der Waals surface area contributed by atoms with Crippen LogP contribution in [0.3, 0.4) is 0 Å². The van der Waals surface area contributed by atoms with Crippen LogP contribution in [-0.4, -0.2) is 35.7 Å². The van der Waals surface area contributed by atoms with Crippen molar-refractivity contribution < 1.29 is 9.53 Å². The molecule has 1 amide bonds. The second-order valence-electron chi connectivity index (χ2n) is 7.79. The van der Waals surface area contributed by atoms with Crippen LogP contribution in [0.1, 0.15) is 48.5 Å². The van der Waals surface area contributed by atoms with Crippen LogP contribution in [0.4, 0.5) is 4.79 Å². The van der Waals surface area contributed by atoms with Crippen LogP contribution in [-0.2, 0) is 4.74 Å². The third-order valence-electron chi connectivity index (χ3n) is 3.53. The average molecular weight is 256 g/mol. The second-order valence-corrected chi connectivity index (χ2v) is 7.79. The topological polar surface area (TPSA) is 55.6 Å². The average Bonchev–Trinajstić information content (AvgIpc) is 2.10. The highest BCUT2D eigenvalue weighted by Gasteiger charge is 2.46. The van der Waals surface area contributed by atoms with E-state index < -0.39 is 5.60 Å². The van der Waals surface area contributed by atoms with Gasteiger partial charge < -0.3 is 15.4 Å². The molecule has 18 heavy (non-hydrogen) atoms. The molecular weight excluding hydrogens is 228 g/mol. The number of hydrogen-bond acceptors (Lipinski definition) is 3. The second kappa shape index (κ2) is 4.41. The Morgan fingerprint density at radius 3 is 1.89 bits per heavy atom. The Balaban J connectivity index is 2.84. The van der Waals surface area contributed by atoms with Gasteiger partial charge in [-0.3, -0.25) is 0 Å². The van der Waals surface area contributed by atoms with Crippen molar-refractivity contribution in [1.82, 2.24) is 4.90 Å². The third-order valence-corrected chi connectivity index (χ3v) is 3.53. The molecule has 1 aliphatic rings. The first-order chi connectivity index (χ1) is 7.85. The summed E-state index contributed by atoms with van der Waals surface area (Å²) in [6.45, 7) is 15.4. The predicted octanol–water partition coefficient (Wildman–Crippen LogP) is 2.62. The van der Waals surface area contributed by atoms with Gasteiger partial charge in [0, 0.05) is 19.1 Å². The third kappa shape index (κ3) is 3.37. The molecule has 0 aliphatic carbocycles. The lowest BCUT2D eigenvalue weighted by Crippen LogP contribution is -2.63. The number of ether oxygens (including phenoxy) is 1. The van der Waals surface area contributed by atoms with Crippen LogP contribution in [0, 0.1) is 10.8 Å². The minimum Gasteiger partial charge on any atom is -0.444 e. The Bertz CT molecular complexity index is 311. The maximum absolute atomic E-state index is 12.2. The van der Waals surface area contributed by atoms with E-state index in [2.05, 4.69) is 27.7 Å². The van der Waals surface area contributed by atoms with Crippen molar-refractivity contribution in [3.63, 3.8) is 0 Å². The first-order valence-electron chi connectivity index (χ1n) is 6.59. The smallest absolute Gasteiger partial charge is 0.410 e. The van der Waals surface area contributed by atoms with E-state index >= 15 is 0 Å². The molecule has 0 atom stereocenters. The lowest BCUT2D eigenvalue weighted by Gasteiger charge is -2.51. The van der Waals surface area contributed by atoms with E-state index in [4.69, 9.17) is 10.5 Å². The zero-order valence-electron chi connectivity index (χ0n) is 12.8. The van der Waals surface area contributed by atoms with Crippen molar-refractivity contribution in [2.75, 3.05) is 13.1 Å². The van der Waals surface area contributed by atoms with E-state index in [9.17, 15) is 4.79 Å². The number of amides is 1. The summed E-state index contributed by atoms with van der Waals surface area (Å²) in [5.41, 5.74) is 5.65. The van der Waals surface area contributed by atoms with E-state index in [1.54, 1.807) is 4.90 Å². The zero-order chi connectivity index (χ0) is 14.4. The molecule has 0 saturated carbocycles. The van der Waals surface area contributed by atoms with Gasteiger partial charge in [-0.25, -0.2) is 4.79 Å². The minimum atomic E-state index is -0.453. The lowest BCUT2D eigenvalue weighted by molar-refractivity contribution is -0.0268. The van der Waals surface area contributed by atoms with Crippen LogP contribution >= 0.6 is 0 Å². The Morgan fingerprint density at radius 1 is 1.17 bits per heavy atom. The standard InChI is InChI=1S/C14H28N2O2/c1-12(2,3)18-11(17)16-8-13(4,5)10(15)14(6,7)9-16/h10H,8-9,15H2,1-7H3. The Morgan fingerprint density at radius 2 is 1.56 bits per heavy atom. The van der Waals surface area contributed by atoms with Gasteiger partial charge in [0.15, 0.2) is 0 Å². The molecule has 0 bridgehead atoms.